The molecule has 0 saturated heterocycles. The van der Waals surface area contributed by atoms with Gasteiger partial charge in [-0.2, -0.15) is 0 Å². The number of halogens is 1. The Labute approximate surface area is 119 Å². The van der Waals surface area contributed by atoms with Crippen LogP contribution in [0.3, 0.4) is 0 Å². The van der Waals surface area contributed by atoms with Gasteiger partial charge in [0.2, 0.25) is 5.91 Å². The molecule has 0 saturated carbocycles. The molecule has 0 atom stereocenters. The van der Waals surface area contributed by atoms with Crippen LogP contribution in [0.25, 0.3) is 0 Å². The quantitative estimate of drug-likeness (QED) is 0.909. The van der Waals surface area contributed by atoms with Crippen molar-refractivity contribution in [1.82, 2.24) is 9.97 Å². The second-order valence-electron chi connectivity index (χ2n) is 4.07. The first kappa shape index (κ1) is 13.5. The van der Waals surface area contributed by atoms with Crippen molar-refractivity contribution < 1.29 is 4.79 Å². The van der Waals surface area contributed by atoms with Gasteiger partial charge in [0.25, 0.3) is 0 Å². The van der Waals surface area contributed by atoms with Crippen LogP contribution in [0, 0.1) is 6.92 Å². The van der Waals surface area contributed by atoms with Gasteiger partial charge in [0.15, 0.2) is 0 Å². The largest absolute Gasteiger partial charge is 0.397 e. The van der Waals surface area contributed by atoms with E-state index in [0.29, 0.717) is 17.2 Å². The van der Waals surface area contributed by atoms with E-state index in [9.17, 15) is 4.79 Å². The Hall–Kier alpha value is -1.95. The van der Waals surface area contributed by atoms with Crippen molar-refractivity contribution in [1.29, 1.82) is 0 Å². The number of nitrogens with one attached hydrogen (secondary N) is 1. The van der Waals surface area contributed by atoms with Crippen LogP contribution < -0.4 is 11.1 Å². The third kappa shape index (κ3) is 3.75. The summed E-state index contributed by atoms with van der Waals surface area (Å²) in [5.74, 6) is 0.368. The van der Waals surface area contributed by atoms with Gasteiger partial charge in [-0.15, -0.1) is 0 Å². The lowest BCUT2D eigenvalue weighted by Gasteiger charge is -2.06. The number of aryl methyl sites for hydroxylation is 1. The van der Waals surface area contributed by atoms with Gasteiger partial charge in [0, 0.05) is 10.2 Å². The van der Waals surface area contributed by atoms with E-state index in [1.54, 1.807) is 18.2 Å². The highest BCUT2D eigenvalue weighted by molar-refractivity contribution is 9.10. The van der Waals surface area contributed by atoms with Gasteiger partial charge in [-0.1, -0.05) is 0 Å². The Balaban J connectivity index is 2.01. The van der Waals surface area contributed by atoms with Crippen molar-refractivity contribution in [2.24, 2.45) is 0 Å². The SMILES string of the molecule is Cc1nc(NC(=O)Cc2ccc(N)cn2)ccc1Br. The van der Waals surface area contributed by atoms with Gasteiger partial charge >= 0.3 is 0 Å². The summed E-state index contributed by atoms with van der Waals surface area (Å²) in [4.78, 5) is 20.2. The third-order valence-electron chi connectivity index (χ3n) is 2.48. The van der Waals surface area contributed by atoms with Crippen LogP contribution in [0.5, 0.6) is 0 Å². The van der Waals surface area contributed by atoms with Crippen LogP contribution in [0.15, 0.2) is 34.9 Å². The van der Waals surface area contributed by atoms with Crippen molar-refractivity contribution in [2.75, 3.05) is 11.1 Å². The summed E-state index contributed by atoms with van der Waals surface area (Å²) in [5, 5.41) is 2.73. The van der Waals surface area contributed by atoms with Crippen LogP contribution >= 0.6 is 15.9 Å². The molecule has 0 aromatic carbocycles. The highest BCUT2D eigenvalue weighted by Crippen LogP contribution is 2.16. The van der Waals surface area contributed by atoms with Gasteiger partial charge in [-0.05, 0) is 47.1 Å². The minimum atomic E-state index is -0.161. The van der Waals surface area contributed by atoms with E-state index < -0.39 is 0 Å². The number of nitrogen functional groups attached to an aromatic ring is 1. The van der Waals surface area contributed by atoms with Crippen molar-refractivity contribution in [3.05, 3.63) is 46.3 Å². The molecule has 0 fully saturated rings. The molecule has 2 heterocycles. The van der Waals surface area contributed by atoms with Gasteiger partial charge in [0.1, 0.15) is 5.82 Å². The zero-order chi connectivity index (χ0) is 13.8. The third-order valence-corrected chi connectivity index (χ3v) is 3.32. The first-order chi connectivity index (χ1) is 9.04. The molecule has 0 bridgehead atoms. The lowest BCUT2D eigenvalue weighted by atomic mass is 10.2. The molecule has 0 unspecified atom stereocenters. The molecule has 19 heavy (non-hydrogen) atoms. The summed E-state index contributed by atoms with van der Waals surface area (Å²) in [6.45, 7) is 1.86. The number of anilines is 2. The Morgan fingerprint density at radius 1 is 1.37 bits per heavy atom. The monoisotopic (exact) mass is 320 g/mol. The molecule has 5 nitrogen and oxygen atoms in total. The lowest BCUT2D eigenvalue weighted by molar-refractivity contribution is -0.115. The van der Waals surface area contributed by atoms with Crippen LogP contribution in [-0.4, -0.2) is 15.9 Å². The number of carbonyl (C=O) groups is 1. The van der Waals surface area contributed by atoms with Gasteiger partial charge in [0.05, 0.1) is 24.0 Å². The highest BCUT2D eigenvalue weighted by Gasteiger charge is 2.07. The van der Waals surface area contributed by atoms with Crippen LogP contribution in [0.1, 0.15) is 11.4 Å². The minimum Gasteiger partial charge on any atom is -0.397 e. The van der Waals surface area contributed by atoms with Gasteiger partial charge in [-0.25, -0.2) is 4.98 Å². The Bertz CT molecular complexity index is 598. The number of nitrogens with zero attached hydrogens (tertiary/aromatic N) is 2. The Kier molecular flexibility index (Phi) is 4.11. The zero-order valence-corrected chi connectivity index (χ0v) is 11.9. The number of hydrogen-bond donors (Lipinski definition) is 2. The summed E-state index contributed by atoms with van der Waals surface area (Å²) in [6.07, 6.45) is 1.72. The van der Waals surface area contributed by atoms with Crippen molar-refractivity contribution in [3.8, 4) is 0 Å². The number of hydrogen-bond acceptors (Lipinski definition) is 4. The van der Waals surface area contributed by atoms with Gasteiger partial charge < -0.3 is 11.1 Å². The smallest absolute Gasteiger partial charge is 0.231 e. The maximum absolute atomic E-state index is 11.8. The zero-order valence-electron chi connectivity index (χ0n) is 10.4. The molecule has 0 radical (unpaired) electrons. The molecular weight excluding hydrogens is 308 g/mol. The topological polar surface area (TPSA) is 80.9 Å². The average molecular weight is 321 g/mol. The number of nitrogens with two attached hydrogens (primary N) is 1. The second-order valence-corrected chi connectivity index (χ2v) is 4.93. The number of pyridine rings is 2. The molecule has 1 amide bonds. The predicted molar refractivity (Wildman–Crippen MR) is 77.7 cm³/mol. The first-order valence-electron chi connectivity index (χ1n) is 5.68. The molecular formula is C13H13BrN4O. The van der Waals surface area contributed by atoms with Crippen molar-refractivity contribution in [2.45, 2.75) is 13.3 Å². The Morgan fingerprint density at radius 3 is 2.79 bits per heavy atom. The van der Waals surface area contributed by atoms with E-state index in [2.05, 4.69) is 31.2 Å². The van der Waals surface area contributed by atoms with E-state index in [1.165, 1.54) is 6.20 Å². The lowest BCUT2D eigenvalue weighted by Crippen LogP contribution is -2.16. The van der Waals surface area contributed by atoms with E-state index >= 15 is 0 Å². The van der Waals surface area contributed by atoms with E-state index in [0.717, 1.165) is 10.2 Å². The minimum absolute atomic E-state index is 0.161. The fourth-order valence-electron chi connectivity index (χ4n) is 1.51. The molecule has 2 rings (SSSR count). The number of aromatic nitrogens is 2. The molecule has 3 N–H and O–H groups in total. The first-order valence-corrected chi connectivity index (χ1v) is 6.47. The van der Waals surface area contributed by atoms with E-state index in [-0.39, 0.29) is 12.3 Å². The second kappa shape index (κ2) is 5.79. The fraction of sp³-hybridized carbons (Fsp3) is 0.154. The maximum Gasteiger partial charge on any atom is 0.231 e. The number of carbonyl (C=O) groups excluding carboxylic acids is 1. The summed E-state index contributed by atoms with van der Waals surface area (Å²) in [5.41, 5.74) is 7.60. The molecule has 2 aromatic heterocycles. The summed E-state index contributed by atoms with van der Waals surface area (Å²) >= 11 is 3.36. The predicted octanol–water partition coefficient (Wildman–Crippen LogP) is 2.31. The molecule has 0 aliphatic heterocycles. The van der Waals surface area contributed by atoms with Gasteiger partial charge in [-0.3, -0.25) is 9.78 Å². The highest BCUT2D eigenvalue weighted by atomic mass is 79.9. The summed E-state index contributed by atoms with van der Waals surface area (Å²) in [6, 6.07) is 7.04. The summed E-state index contributed by atoms with van der Waals surface area (Å²) in [7, 11) is 0. The molecule has 6 heteroatoms. The van der Waals surface area contributed by atoms with Crippen LogP contribution in [0.4, 0.5) is 11.5 Å². The molecule has 0 spiro atoms. The number of amides is 1. The average Bonchev–Trinajstić information content (AvgIpc) is 2.37. The van der Waals surface area contributed by atoms with Crippen LogP contribution in [0.2, 0.25) is 0 Å². The summed E-state index contributed by atoms with van der Waals surface area (Å²) < 4.78 is 0.908. The molecule has 2 aromatic rings. The van der Waals surface area contributed by atoms with E-state index in [4.69, 9.17) is 5.73 Å². The fourth-order valence-corrected chi connectivity index (χ4v) is 1.73. The standard InChI is InChI=1S/C13H13BrN4O/c1-8-11(14)4-5-12(17-8)18-13(19)6-10-3-2-9(15)7-16-10/h2-5,7H,6,15H2,1H3,(H,17,18,19). The normalized spacial score (nSPS) is 10.2. The van der Waals surface area contributed by atoms with Crippen molar-refractivity contribution in [3.63, 3.8) is 0 Å². The molecule has 0 aliphatic carbocycles. The number of rotatable bonds is 3. The molecule has 98 valence electrons. The van der Waals surface area contributed by atoms with Crippen LogP contribution in [-0.2, 0) is 11.2 Å². The van der Waals surface area contributed by atoms with E-state index in [1.807, 2.05) is 13.0 Å². The molecule has 0 aliphatic rings. The Morgan fingerprint density at radius 2 is 2.16 bits per heavy atom. The van der Waals surface area contributed by atoms with Crippen molar-refractivity contribution >= 4 is 33.3 Å². The maximum atomic E-state index is 11.8.